The Morgan fingerprint density at radius 2 is 2.17 bits per heavy atom. The number of nitrogens with zero attached hydrogens (tertiary/aromatic N) is 4. The Morgan fingerprint density at radius 1 is 1.44 bits per heavy atom. The molecule has 0 amide bonds. The van der Waals surface area contributed by atoms with Crippen LogP contribution in [0.1, 0.15) is 12.8 Å². The van der Waals surface area contributed by atoms with Gasteiger partial charge in [0.1, 0.15) is 0 Å². The van der Waals surface area contributed by atoms with Crippen LogP contribution in [0.4, 0.5) is 0 Å². The Kier molecular flexibility index (Phi) is 3.74. The van der Waals surface area contributed by atoms with Crippen molar-refractivity contribution in [2.75, 3.05) is 27.2 Å². The monoisotopic (exact) mass is 272 g/mol. The smallest absolute Gasteiger partial charge is 0.262 e. The predicted molar refractivity (Wildman–Crippen MR) is 68.7 cm³/mol. The summed E-state index contributed by atoms with van der Waals surface area (Å²) in [7, 11) is 2.31. The van der Waals surface area contributed by atoms with Crippen molar-refractivity contribution >= 4 is 10.0 Å². The lowest BCUT2D eigenvalue weighted by Crippen LogP contribution is -2.47. The van der Waals surface area contributed by atoms with Crippen molar-refractivity contribution in [3.05, 3.63) is 12.5 Å². The van der Waals surface area contributed by atoms with E-state index in [-0.39, 0.29) is 11.1 Å². The number of rotatable bonds is 3. The van der Waals surface area contributed by atoms with Crippen molar-refractivity contribution in [2.45, 2.75) is 23.9 Å². The first-order valence-corrected chi connectivity index (χ1v) is 7.50. The lowest BCUT2D eigenvalue weighted by molar-refractivity contribution is 0.190. The maximum atomic E-state index is 12.4. The summed E-state index contributed by atoms with van der Waals surface area (Å²) in [4.78, 5) is 6.04. The third-order valence-electron chi connectivity index (χ3n) is 3.37. The Morgan fingerprint density at radius 3 is 2.72 bits per heavy atom. The van der Waals surface area contributed by atoms with Crippen molar-refractivity contribution in [1.82, 2.24) is 18.8 Å². The summed E-state index contributed by atoms with van der Waals surface area (Å²) in [6.07, 6.45) is 5.00. The first-order chi connectivity index (χ1) is 8.41. The highest BCUT2D eigenvalue weighted by molar-refractivity contribution is 7.89. The molecule has 1 aliphatic heterocycles. The number of sulfonamides is 1. The van der Waals surface area contributed by atoms with E-state index in [1.54, 1.807) is 22.1 Å². The normalized spacial score (nSPS) is 22.6. The molecule has 0 spiro atoms. The van der Waals surface area contributed by atoms with Crippen molar-refractivity contribution in [2.24, 2.45) is 7.05 Å². The first-order valence-electron chi connectivity index (χ1n) is 6.06. The second kappa shape index (κ2) is 4.99. The average molecular weight is 272 g/mol. The third kappa shape index (κ3) is 2.57. The second-order valence-corrected chi connectivity index (χ2v) is 6.88. The van der Waals surface area contributed by atoms with Gasteiger partial charge in [-0.2, -0.15) is 4.31 Å². The molecule has 0 aromatic carbocycles. The minimum Gasteiger partial charge on any atom is -0.339 e. The Balaban J connectivity index is 2.20. The van der Waals surface area contributed by atoms with Gasteiger partial charge >= 0.3 is 0 Å². The van der Waals surface area contributed by atoms with Crippen molar-refractivity contribution in [1.29, 1.82) is 0 Å². The predicted octanol–water partition coefficient (Wildman–Crippen LogP) is 0.135. The van der Waals surface area contributed by atoms with Crippen LogP contribution in [0.5, 0.6) is 0 Å². The number of hydrogen-bond acceptors (Lipinski definition) is 4. The topological polar surface area (TPSA) is 58.4 Å². The number of likely N-dealkylation sites (N-methyl/N-ethyl adjacent to an activating group) is 1. The van der Waals surface area contributed by atoms with E-state index in [4.69, 9.17) is 0 Å². The number of imidazole rings is 1. The summed E-state index contributed by atoms with van der Waals surface area (Å²) in [6.45, 7) is 1.13. The Hall–Kier alpha value is -0.920. The van der Waals surface area contributed by atoms with E-state index in [2.05, 4.69) is 9.88 Å². The zero-order valence-corrected chi connectivity index (χ0v) is 11.9. The van der Waals surface area contributed by atoms with E-state index in [9.17, 15) is 8.42 Å². The second-order valence-electron chi connectivity index (χ2n) is 5.00. The van der Waals surface area contributed by atoms with Gasteiger partial charge < -0.3 is 9.47 Å². The maximum absolute atomic E-state index is 12.4. The fraction of sp³-hybridized carbons (Fsp3) is 0.727. The maximum Gasteiger partial charge on any atom is 0.262 e. The summed E-state index contributed by atoms with van der Waals surface area (Å²) in [5, 5.41) is 0.143. The van der Waals surface area contributed by atoms with E-state index in [0.717, 1.165) is 12.8 Å². The summed E-state index contributed by atoms with van der Waals surface area (Å²) >= 11 is 0. The molecular formula is C11H20N4O2S. The average Bonchev–Trinajstić information content (AvgIpc) is 2.77. The van der Waals surface area contributed by atoms with Gasteiger partial charge in [-0.05, 0) is 26.9 Å². The molecule has 2 heterocycles. The SMILES string of the molecule is CN(C)C1CCCN(S(=O)(=O)c2cn(C)cn2)C1. The van der Waals surface area contributed by atoms with E-state index < -0.39 is 10.0 Å². The van der Waals surface area contributed by atoms with E-state index in [0.29, 0.717) is 13.1 Å². The van der Waals surface area contributed by atoms with Crippen LogP contribution in [0, 0.1) is 0 Å². The highest BCUT2D eigenvalue weighted by Crippen LogP contribution is 2.20. The number of hydrogen-bond donors (Lipinski definition) is 0. The van der Waals surface area contributed by atoms with Crippen molar-refractivity contribution < 1.29 is 8.42 Å². The van der Waals surface area contributed by atoms with E-state index in [1.807, 2.05) is 14.1 Å². The van der Waals surface area contributed by atoms with Crippen LogP contribution in [0.25, 0.3) is 0 Å². The van der Waals surface area contributed by atoms with Gasteiger partial charge in [0, 0.05) is 32.4 Å². The van der Waals surface area contributed by atoms with E-state index >= 15 is 0 Å². The number of aromatic nitrogens is 2. The summed E-state index contributed by atoms with van der Waals surface area (Å²) in [5.41, 5.74) is 0. The van der Waals surface area contributed by atoms with Crippen molar-refractivity contribution in [3.8, 4) is 0 Å². The molecule has 1 unspecified atom stereocenters. The minimum atomic E-state index is -3.43. The molecule has 0 N–H and O–H groups in total. The highest BCUT2D eigenvalue weighted by atomic mass is 32.2. The molecule has 6 nitrogen and oxygen atoms in total. The fourth-order valence-corrected chi connectivity index (χ4v) is 3.70. The zero-order chi connectivity index (χ0) is 13.3. The molecule has 0 aliphatic carbocycles. The summed E-state index contributed by atoms with van der Waals surface area (Å²) < 4.78 is 28.0. The molecule has 18 heavy (non-hydrogen) atoms. The molecule has 7 heteroatoms. The Labute approximate surface area is 108 Å². The lowest BCUT2D eigenvalue weighted by Gasteiger charge is -2.34. The van der Waals surface area contributed by atoms with Crippen LogP contribution < -0.4 is 0 Å². The zero-order valence-electron chi connectivity index (χ0n) is 11.1. The number of piperidine rings is 1. The molecule has 1 aliphatic rings. The standard InChI is InChI=1S/C11H20N4O2S/c1-13(2)10-5-4-6-15(7-10)18(16,17)11-8-14(3)9-12-11/h8-10H,4-7H2,1-3H3. The molecular weight excluding hydrogens is 252 g/mol. The summed E-state index contributed by atoms with van der Waals surface area (Å²) in [5.74, 6) is 0. The van der Waals surface area contributed by atoms with Gasteiger partial charge in [0.2, 0.25) is 0 Å². The quantitative estimate of drug-likeness (QED) is 0.785. The van der Waals surface area contributed by atoms with Crippen LogP contribution in [-0.4, -0.2) is 60.4 Å². The van der Waals surface area contributed by atoms with Crippen LogP contribution in [0.3, 0.4) is 0 Å². The molecule has 2 rings (SSSR count). The van der Waals surface area contributed by atoms with Crippen LogP contribution in [0.15, 0.2) is 17.6 Å². The van der Waals surface area contributed by atoms with Crippen LogP contribution in [-0.2, 0) is 17.1 Å². The van der Waals surface area contributed by atoms with Gasteiger partial charge in [-0.1, -0.05) is 0 Å². The molecule has 1 saturated heterocycles. The van der Waals surface area contributed by atoms with Gasteiger partial charge in [-0.25, -0.2) is 13.4 Å². The molecule has 0 radical (unpaired) electrons. The lowest BCUT2D eigenvalue weighted by atomic mass is 10.1. The van der Waals surface area contributed by atoms with Crippen LogP contribution in [0.2, 0.25) is 0 Å². The first kappa shape index (κ1) is 13.5. The van der Waals surface area contributed by atoms with Crippen LogP contribution >= 0.6 is 0 Å². The van der Waals surface area contributed by atoms with E-state index in [1.165, 1.54) is 6.33 Å². The molecule has 0 saturated carbocycles. The third-order valence-corrected chi connectivity index (χ3v) is 5.13. The fourth-order valence-electron chi connectivity index (χ4n) is 2.22. The van der Waals surface area contributed by atoms with Gasteiger partial charge in [0.05, 0.1) is 6.33 Å². The van der Waals surface area contributed by atoms with Gasteiger partial charge in [-0.15, -0.1) is 0 Å². The van der Waals surface area contributed by atoms with Crippen molar-refractivity contribution in [3.63, 3.8) is 0 Å². The number of aryl methyl sites for hydroxylation is 1. The Bertz CT molecular complexity index is 509. The molecule has 1 aromatic rings. The van der Waals surface area contributed by atoms with Gasteiger partial charge in [-0.3, -0.25) is 0 Å². The molecule has 0 bridgehead atoms. The summed E-state index contributed by atoms with van der Waals surface area (Å²) in [6, 6.07) is 0.289. The van der Waals surface area contributed by atoms with Gasteiger partial charge in [0.15, 0.2) is 5.03 Å². The highest BCUT2D eigenvalue weighted by Gasteiger charge is 2.32. The molecule has 102 valence electrons. The molecule has 1 aromatic heterocycles. The largest absolute Gasteiger partial charge is 0.339 e. The van der Waals surface area contributed by atoms with Gasteiger partial charge in [0.25, 0.3) is 10.0 Å². The minimum absolute atomic E-state index is 0.143. The molecule has 1 atom stereocenters. The molecule has 1 fully saturated rings.